The predicted molar refractivity (Wildman–Crippen MR) is 87.7 cm³/mol. The maximum atomic E-state index is 12.5. The van der Waals surface area contributed by atoms with Crippen LogP contribution >= 0.6 is 0 Å². The van der Waals surface area contributed by atoms with Crippen molar-refractivity contribution in [2.45, 2.75) is 19.0 Å². The van der Waals surface area contributed by atoms with Crippen molar-refractivity contribution < 1.29 is 34.2 Å². The quantitative estimate of drug-likeness (QED) is 0.354. The Labute approximate surface area is 146 Å². The Morgan fingerprint density at radius 1 is 1.12 bits per heavy atom. The Bertz CT molecular complexity index is 887. The van der Waals surface area contributed by atoms with Gasteiger partial charge in [-0.15, -0.1) is 0 Å². The van der Waals surface area contributed by atoms with E-state index in [4.69, 9.17) is 10.2 Å². The van der Waals surface area contributed by atoms with E-state index in [1.807, 2.05) is 0 Å². The second-order valence-corrected chi connectivity index (χ2v) is 5.32. The fourth-order valence-electron chi connectivity index (χ4n) is 2.53. The van der Waals surface area contributed by atoms with Crippen molar-refractivity contribution in [3.63, 3.8) is 0 Å². The first-order valence-corrected chi connectivity index (χ1v) is 7.40. The summed E-state index contributed by atoms with van der Waals surface area (Å²) in [6.45, 7) is -0.566. The summed E-state index contributed by atoms with van der Waals surface area (Å²) in [7, 11) is 0. The van der Waals surface area contributed by atoms with Crippen molar-refractivity contribution >= 4 is 41.3 Å². The normalized spacial score (nSPS) is 11.7. The van der Waals surface area contributed by atoms with Crippen LogP contribution in [0.3, 0.4) is 0 Å². The molecule has 0 radical (unpaired) electrons. The number of hydrogen-bond donors (Lipinski definition) is 4. The Balaban J connectivity index is 2.41. The first-order valence-electron chi connectivity index (χ1n) is 7.40. The lowest BCUT2D eigenvalue weighted by Crippen LogP contribution is -2.46. The van der Waals surface area contributed by atoms with Crippen molar-refractivity contribution in [1.82, 2.24) is 15.4 Å². The highest BCUT2D eigenvalue weighted by Gasteiger charge is 2.24. The monoisotopic (exact) mass is 361 g/mol. The number of rotatable bonds is 9. The Kier molecular flexibility index (Phi) is 5.81. The summed E-state index contributed by atoms with van der Waals surface area (Å²) in [6, 6.07) is 5.21. The number of carbonyl (C=O) groups excluding carboxylic acids is 3. The van der Waals surface area contributed by atoms with E-state index in [1.54, 1.807) is 24.3 Å². The highest BCUT2D eigenvalue weighted by Crippen LogP contribution is 2.25. The van der Waals surface area contributed by atoms with Gasteiger partial charge in [-0.2, -0.15) is 0 Å². The van der Waals surface area contributed by atoms with Crippen LogP contribution in [0.1, 0.15) is 27.3 Å². The summed E-state index contributed by atoms with van der Waals surface area (Å²) in [4.78, 5) is 56.6. The van der Waals surface area contributed by atoms with Crippen LogP contribution in [0.4, 0.5) is 0 Å². The van der Waals surface area contributed by atoms with E-state index < -0.39 is 36.9 Å². The molecular weight excluding hydrogens is 346 g/mol. The summed E-state index contributed by atoms with van der Waals surface area (Å²) in [5.74, 6) is -3.35. The molecule has 0 bridgehead atoms. The third-order valence-corrected chi connectivity index (χ3v) is 3.57. The number of aromatic nitrogens is 1. The first-order chi connectivity index (χ1) is 12.4. The van der Waals surface area contributed by atoms with Crippen LogP contribution in [-0.2, 0) is 20.9 Å². The Morgan fingerprint density at radius 2 is 1.81 bits per heavy atom. The number of hydrogen-bond acceptors (Lipinski definition) is 6. The molecule has 0 aliphatic rings. The van der Waals surface area contributed by atoms with Crippen molar-refractivity contribution in [2.24, 2.45) is 0 Å². The molecule has 1 aromatic carbocycles. The molecule has 1 aromatic heterocycles. The number of benzene rings is 1. The second kappa shape index (κ2) is 8.03. The van der Waals surface area contributed by atoms with Gasteiger partial charge in [0.15, 0.2) is 6.29 Å². The summed E-state index contributed by atoms with van der Waals surface area (Å²) in [5, 5.41) is 18.2. The van der Waals surface area contributed by atoms with E-state index in [1.165, 1.54) is 0 Å². The van der Waals surface area contributed by atoms with E-state index >= 15 is 0 Å². The van der Waals surface area contributed by atoms with Gasteiger partial charge in [0.25, 0.3) is 5.91 Å². The summed E-state index contributed by atoms with van der Waals surface area (Å²) in [6.07, 6.45) is 0.175. The highest BCUT2D eigenvalue weighted by atomic mass is 16.4. The lowest BCUT2D eigenvalue weighted by atomic mass is 10.1. The lowest BCUT2D eigenvalue weighted by molar-refractivity contribution is -0.139. The molecule has 136 valence electrons. The maximum absolute atomic E-state index is 12.5. The number of fused-ring (bicyclic) bond motifs is 1. The van der Waals surface area contributed by atoms with Crippen LogP contribution < -0.4 is 10.9 Å². The fourth-order valence-corrected chi connectivity index (χ4v) is 2.53. The fraction of sp³-hybridized carbons (Fsp3) is 0.188. The molecule has 2 aromatic rings. The van der Waals surface area contributed by atoms with Gasteiger partial charge in [0.1, 0.15) is 18.5 Å². The number of aldehydes is 2. The van der Waals surface area contributed by atoms with Crippen molar-refractivity contribution in [3.8, 4) is 0 Å². The zero-order chi connectivity index (χ0) is 19.3. The highest BCUT2D eigenvalue weighted by molar-refractivity contribution is 6.10. The van der Waals surface area contributed by atoms with Gasteiger partial charge in [-0.05, 0) is 6.07 Å². The van der Waals surface area contributed by atoms with Crippen molar-refractivity contribution in [1.29, 1.82) is 0 Å². The summed E-state index contributed by atoms with van der Waals surface area (Å²) >= 11 is 0. The summed E-state index contributed by atoms with van der Waals surface area (Å²) in [5.41, 5.74) is 4.55. The second-order valence-electron chi connectivity index (χ2n) is 5.32. The SMILES string of the molecule is O=Cc1c(C(=O)NN[C@H](C=O)CC(=O)O)n(CC(=O)O)c2ccccc12. The molecule has 10 heteroatoms. The molecule has 1 atom stereocenters. The van der Waals surface area contributed by atoms with Crippen LogP contribution in [0.5, 0.6) is 0 Å². The first kappa shape index (κ1) is 18.8. The van der Waals surface area contributed by atoms with Gasteiger partial charge < -0.3 is 19.6 Å². The molecular formula is C16H15N3O7. The number of para-hydroxylation sites is 1. The number of aliphatic carboxylic acids is 2. The number of amides is 1. The number of hydrazine groups is 1. The minimum Gasteiger partial charge on any atom is -0.481 e. The molecule has 10 nitrogen and oxygen atoms in total. The predicted octanol–water partition coefficient (Wildman–Crippen LogP) is -0.185. The number of carboxylic acid groups (broad SMARTS) is 2. The Hall–Kier alpha value is -3.53. The van der Waals surface area contributed by atoms with E-state index in [-0.39, 0.29) is 11.3 Å². The smallest absolute Gasteiger partial charge is 0.323 e. The molecule has 0 saturated heterocycles. The molecule has 2 rings (SSSR count). The van der Waals surface area contributed by atoms with Gasteiger partial charge in [-0.3, -0.25) is 24.6 Å². The molecule has 4 N–H and O–H groups in total. The Morgan fingerprint density at radius 3 is 2.38 bits per heavy atom. The van der Waals surface area contributed by atoms with Gasteiger partial charge in [0.05, 0.1) is 18.0 Å². The molecule has 0 aliphatic heterocycles. The maximum Gasteiger partial charge on any atom is 0.323 e. The average molecular weight is 361 g/mol. The van der Waals surface area contributed by atoms with E-state index in [9.17, 15) is 24.0 Å². The largest absolute Gasteiger partial charge is 0.481 e. The van der Waals surface area contributed by atoms with Crippen molar-refractivity contribution in [2.75, 3.05) is 0 Å². The summed E-state index contributed by atoms with van der Waals surface area (Å²) < 4.78 is 1.16. The van der Waals surface area contributed by atoms with Crippen LogP contribution in [-0.4, -0.2) is 51.2 Å². The average Bonchev–Trinajstić information content (AvgIpc) is 2.91. The van der Waals surface area contributed by atoms with Crippen LogP contribution in [0, 0.1) is 0 Å². The molecule has 0 saturated carbocycles. The van der Waals surface area contributed by atoms with Crippen LogP contribution in [0.2, 0.25) is 0 Å². The van der Waals surface area contributed by atoms with E-state index in [0.717, 1.165) is 4.57 Å². The van der Waals surface area contributed by atoms with Gasteiger partial charge >= 0.3 is 11.9 Å². The zero-order valence-corrected chi connectivity index (χ0v) is 13.3. The third-order valence-electron chi connectivity index (χ3n) is 3.57. The number of carboxylic acids is 2. The van der Waals surface area contributed by atoms with Gasteiger partial charge in [-0.1, -0.05) is 18.2 Å². The third kappa shape index (κ3) is 3.92. The number of nitrogens with zero attached hydrogens (tertiary/aromatic N) is 1. The molecule has 1 heterocycles. The lowest BCUT2D eigenvalue weighted by Gasteiger charge is -2.13. The van der Waals surface area contributed by atoms with Gasteiger partial charge in [0.2, 0.25) is 0 Å². The van der Waals surface area contributed by atoms with Gasteiger partial charge in [0, 0.05) is 10.9 Å². The van der Waals surface area contributed by atoms with Crippen LogP contribution in [0.15, 0.2) is 24.3 Å². The van der Waals surface area contributed by atoms with E-state index in [0.29, 0.717) is 23.5 Å². The minimum absolute atomic E-state index is 0.0120. The molecule has 0 fully saturated rings. The number of nitrogens with one attached hydrogen (secondary N) is 2. The zero-order valence-electron chi connectivity index (χ0n) is 13.3. The topological polar surface area (TPSA) is 155 Å². The standard InChI is InChI=1S/C16H15N3O7/c20-7-9(5-13(22)23)17-18-16(26)15-11(8-21)10-3-1-2-4-12(10)19(15)6-14(24)25/h1-4,7-9,17H,5-6H2,(H,18,26)(H,22,23)(H,24,25)/t9-/m0/s1. The molecule has 1 amide bonds. The van der Waals surface area contributed by atoms with Gasteiger partial charge in [-0.25, -0.2) is 5.43 Å². The molecule has 0 spiro atoms. The number of carbonyl (C=O) groups is 5. The molecule has 0 unspecified atom stereocenters. The molecule has 0 aliphatic carbocycles. The van der Waals surface area contributed by atoms with Crippen molar-refractivity contribution in [3.05, 3.63) is 35.5 Å². The van der Waals surface area contributed by atoms with Crippen LogP contribution in [0.25, 0.3) is 10.9 Å². The molecule has 26 heavy (non-hydrogen) atoms. The van der Waals surface area contributed by atoms with E-state index in [2.05, 4.69) is 10.9 Å². The minimum atomic E-state index is -1.25.